The Bertz CT molecular complexity index is 1250. The predicted molar refractivity (Wildman–Crippen MR) is 112 cm³/mol. The Morgan fingerprint density at radius 2 is 1.40 bits per heavy atom. The van der Waals surface area contributed by atoms with Gasteiger partial charge >= 0.3 is 0 Å². The standard InChI is InChI=1S/C26H18N2O2/c1-26-18-11-5-3-9-16(18)21(17-10-4-6-12-19(17)26)22-23(26)25(30)28(24(22)29)20-13-7-2-8-15(20)14-27/h2-13,21-23H,1H3/t21?,22-,23+,26?/m1/s1. The van der Waals surface area contributed by atoms with Gasteiger partial charge in [-0.25, -0.2) is 4.90 Å². The molecule has 4 nitrogen and oxygen atoms in total. The number of nitrogens with zero attached hydrogens (tertiary/aromatic N) is 2. The minimum Gasteiger partial charge on any atom is -0.274 e. The average molecular weight is 390 g/mol. The number of imide groups is 1. The molecule has 3 aromatic rings. The van der Waals surface area contributed by atoms with Gasteiger partial charge < -0.3 is 0 Å². The van der Waals surface area contributed by atoms with Crippen molar-refractivity contribution in [2.45, 2.75) is 18.3 Å². The second kappa shape index (κ2) is 5.67. The molecular formula is C26H18N2O2. The lowest BCUT2D eigenvalue weighted by Crippen LogP contribution is -2.51. The highest BCUT2D eigenvalue weighted by Gasteiger charge is 2.66. The van der Waals surface area contributed by atoms with Crippen LogP contribution in [0.2, 0.25) is 0 Å². The van der Waals surface area contributed by atoms with E-state index in [9.17, 15) is 14.9 Å². The molecule has 0 spiro atoms. The number of benzene rings is 3. The van der Waals surface area contributed by atoms with Crippen LogP contribution >= 0.6 is 0 Å². The van der Waals surface area contributed by atoms with Crippen LogP contribution in [0.4, 0.5) is 5.69 Å². The molecule has 0 aromatic heterocycles. The molecular weight excluding hydrogens is 372 g/mol. The van der Waals surface area contributed by atoms with Crippen LogP contribution in [-0.2, 0) is 15.0 Å². The summed E-state index contributed by atoms with van der Waals surface area (Å²) < 4.78 is 0. The van der Waals surface area contributed by atoms with Crippen LogP contribution in [0, 0.1) is 23.2 Å². The van der Waals surface area contributed by atoms with Crippen molar-refractivity contribution in [1.29, 1.82) is 5.26 Å². The summed E-state index contributed by atoms with van der Waals surface area (Å²) in [6.07, 6.45) is 0. The normalized spacial score (nSPS) is 28.0. The van der Waals surface area contributed by atoms with E-state index in [1.165, 1.54) is 4.90 Å². The first kappa shape index (κ1) is 17.2. The van der Waals surface area contributed by atoms with Crippen LogP contribution in [0.3, 0.4) is 0 Å². The molecule has 144 valence electrons. The molecule has 3 aliphatic carbocycles. The van der Waals surface area contributed by atoms with Crippen molar-refractivity contribution in [2.24, 2.45) is 11.8 Å². The van der Waals surface area contributed by atoms with E-state index in [1.807, 2.05) is 24.3 Å². The zero-order valence-corrected chi connectivity index (χ0v) is 16.4. The molecule has 1 heterocycles. The zero-order chi connectivity index (χ0) is 20.6. The summed E-state index contributed by atoms with van der Waals surface area (Å²) in [4.78, 5) is 28.9. The third-order valence-electron chi connectivity index (χ3n) is 7.31. The zero-order valence-electron chi connectivity index (χ0n) is 16.4. The summed E-state index contributed by atoms with van der Waals surface area (Å²) in [5, 5.41) is 9.56. The molecule has 2 bridgehead atoms. The van der Waals surface area contributed by atoms with Crippen molar-refractivity contribution in [2.75, 3.05) is 4.90 Å². The van der Waals surface area contributed by atoms with Gasteiger partial charge in [0, 0.05) is 11.3 Å². The molecule has 30 heavy (non-hydrogen) atoms. The molecule has 2 atom stereocenters. The van der Waals surface area contributed by atoms with E-state index in [2.05, 4.69) is 37.3 Å². The first-order chi connectivity index (χ1) is 14.6. The summed E-state index contributed by atoms with van der Waals surface area (Å²) >= 11 is 0. The highest BCUT2D eigenvalue weighted by atomic mass is 16.2. The second-order valence-corrected chi connectivity index (χ2v) is 8.50. The van der Waals surface area contributed by atoms with Crippen molar-refractivity contribution in [1.82, 2.24) is 0 Å². The van der Waals surface area contributed by atoms with Crippen LogP contribution in [0.15, 0.2) is 72.8 Å². The number of nitriles is 1. The van der Waals surface area contributed by atoms with Crippen LogP contribution in [-0.4, -0.2) is 11.8 Å². The van der Waals surface area contributed by atoms with E-state index in [0.717, 1.165) is 22.3 Å². The number of amides is 2. The molecule has 3 aromatic carbocycles. The maximum atomic E-state index is 13.8. The Balaban J connectivity index is 1.63. The number of carbonyl (C=O) groups is 2. The molecule has 0 radical (unpaired) electrons. The van der Waals surface area contributed by atoms with Crippen molar-refractivity contribution >= 4 is 17.5 Å². The molecule has 0 unspecified atom stereocenters. The first-order valence-corrected chi connectivity index (χ1v) is 10.1. The molecule has 1 aliphatic heterocycles. The molecule has 0 N–H and O–H groups in total. The number of hydrogen-bond acceptors (Lipinski definition) is 3. The van der Waals surface area contributed by atoms with E-state index in [-0.39, 0.29) is 17.7 Å². The van der Waals surface area contributed by atoms with E-state index < -0.39 is 17.3 Å². The van der Waals surface area contributed by atoms with Crippen molar-refractivity contribution in [3.8, 4) is 6.07 Å². The van der Waals surface area contributed by atoms with Gasteiger partial charge in [0.1, 0.15) is 6.07 Å². The molecule has 4 aliphatic rings. The Morgan fingerprint density at radius 1 is 0.833 bits per heavy atom. The van der Waals surface area contributed by atoms with E-state index >= 15 is 0 Å². The maximum Gasteiger partial charge on any atom is 0.238 e. The highest BCUT2D eigenvalue weighted by Crippen LogP contribution is 2.64. The monoisotopic (exact) mass is 390 g/mol. The van der Waals surface area contributed by atoms with Crippen LogP contribution < -0.4 is 4.90 Å². The summed E-state index contributed by atoms with van der Waals surface area (Å²) in [7, 11) is 0. The lowest BCUT2D eigenvalue weighted by molar-refractivity contribution is -0.123. The molecule has 4 heteroatoms. The summed E-state index contributed by atoms with van der Waals surface area (Å²) in [5.74, 6) is -1.50. The van der Waals surface area contributed by atoms with E-state index in [0.29, 0.717) is 11.3 Å². The number of carbonyl (C=O) groups excluding carboxylic acids is 2. The van der Waals surface area contributed by atoms with Crippen molar-refractivity contribution in [3.63, 3.8) is 0 Å². The third kappa shape index (κ3) is 1.81. The quantitative estimate of drug-likeness (QED) is 0.587. The first-order valence-electron chi connectivity index (χ1n) is 10.1. The smallest absolute Gasteiger partial charge is 0.238 e. The predicted octanol–water partition coefficient (Wildman–Crippen LogP) is 4.13. The molecule has 1 fully saturated rings. The Kier molecular flexibility index (Phi) is 3.25. The average Bonchev–Trinajstić information content (AvgIpc) is 3.05. The van der Waals surface area contributed by atoms with Gasteiger partial charge in [0.05, 0.1) is 23.1 Å². The topological polar surface area (TPSA) is 61.2 Å². The minimum absolute atomic E-state index is 0.153. The summed E-state index contributed by atoms with van der Waals surface area (Å²) in [5.41, 5.74) is 4.67. The van der Waals surface area contributed by atoms with Crippen LogP contribution in [0.1, 0.15) is 40.7 Å². The summed E-state index contributed by atoms with van der Waals surface area (Å²) in [6.45, 7) is 2.10. The fourth-order valence-corrected chi connectivity index (χ4v) is 6.15. The highest BCUT2D eigenvalue weighted by molar-refractivity contribution is 6.24. The van der Waals surface area contributed by atoms with Gasteiger partial charge in [-0.2, -0.15) is 5.26 Å². The molecule has 2 amide bonds. The molecule has 7 rings (SSSR count). The van der Waals surface area contributed by atoms with Gasteiger partial charge in [-0.15, -0.1) is 0 Å². The van der Waals surface area contributed by atoms with Gasteiger partial charge in [-0.3, -0.25) is 9.59 Å². The largest absolute Gasteiger partial charge is 0.274 e. The van der Waals surface area contributed by atoms with E-state index in [4.69, 9.17) is 0 Å². The minimum atomic E-state index is -0.588. The SMILES string of the molecule is CC12c3ccccc3C(c3ccccc31)[C@H]1C(=O)N(c3ccccc3C#N)C(=O)[C@H]12. The number of hydrogen-bond donors (Lipinski definition) is 0. The fourth-order valence-electron chi connectivity index (χ4n) is 6.15. The van der Waals surface area contributed by atoms with Gasteiger partial charge in [0.2, 0.25) is 11.8 Å². The van der Waals surface area contributed by atoms with Crippen molar-refractivity contribution < 1.29 is 9.59 Å². The Labute approximate surface area is 174 Å². The number of rotatable bonds is 1. The maximum absolute atomic E-state index is 13.8. The van der Waals surface area contributed by atoms with E-state index in [1.54, 1.807) is 24.3 Å². The lowest BCUT2D eigenvalue weighted by atomic mass is 9.48. The van der Waals surface area contributed by atoms with Crippen molar-refractivity contribution in [3.05, 3.63) is 101 Å². The van der Waals surface area contributed by atoms with Gasteiger partial charge in [-0.1, -0.05) is 67.6 Å². The third-order valence-corrected chi connectivity index (χ3v) is 7.31. The molecule has 0 saturated carbocycles. The Hall–Kier alpha value is -3.71. The van der Waals surface area contributed by atoms with Crippen LogP contribution in [0.5, 0.6) is 0 Å². The summed E-state index contributed by atoms with van der Waals surface area (Å²) in [6, 6.07) is 25.4. The lowest BCUT2D eigenvalue weighted by Gasteiger charge is -2.52. The fraction of sp³-hybridized carbons (Fsp3) is 0.192. The van der Waals surface area contributed by atoms with Gasteiger partial charge in [0.15, 0.2) is 0 Å². The number of para-hydroxylation sites is 1. The number of anilines is 1. The second-order valence-electron chi connectivity index (χ2n) is 8.50. The van der Waals surface area contributed by atoms with Gasteiger partial charge in [-0.05, 0) is 34.4 Å². The Morgan fingerprint density at radius 3 is 2.03 bits per heavy atom. The van der Waals surface area contributed by atoms with Crippen LogP contribution in [0.25, 0.3) is 0 Å². The van der Waals surface area contributed by atoms with Gasteiger partial charge in [0.25, 0.3) is 0 Å². The molecule has 1 saturated heterocycles.